The molecule has 0 bridgehead atoms. The first-order valence-corrected chi connectivity index (χ1v) is 20.6. The van der Waals surface area contributed by atoms with Crippen molar-refractivity contribution in [3.8, 4) is 0 Å². The van der Waals surface area contributed by atoms with Gasteiger partial charge in [-0.25, -0.2) is 0 Å². The van der Waals surface area contributed by atoms with E-state index in [-0.39, 0.29) is 44.6 Å². The monoisotopic (exact) mass is 560 g/mol. The molecule has 0 N–H and O–H groups in total. The fourth-order valence-corrected chi connectivity index (χ4v) is 1.00. The molecule has 0 aliphatic carbocycles. The molecule has 0 aliphatic rings. The second-order valence-electron chi connectivity index (χ2n) is 7.92. The predicted molar refractivity (Wildman–Crippen MR) is 165 cm³/mol. The van der Waals surface area contributed by atoms with E-state index >= 15 is 0 Å². The van der Waals surface area contributed by atoms with Crippen molar-refractivity contribution >= 4 is 34.0 Å². The molecule has 0 atom stereocenters. The fraction of sp³-hybridized carbons (Fsp3) is 1.00. The second kappa shape index (κ2) is 32.6. The fourth-order valence-electron chi connectivity index (χ4n) is 0.333. The zero-order valence-corrected chi connectivity index (χ0v) is 24.9. The van der Waals surface area contributed by atoms with E-state index in [1.54, 1.807) is 49.8 Å². The van der Waals surface area contributed by atoms with Crippen LogP contribution in [0.1, 0.15) is 44.6 Å². The molecule has 0 aromatic heterocycles. The normalized spacial score (nSPS) is 9.82. The van der Waals surface area contributed by atoms with Crippen LogP contribution in [0.4, 0.5) is 0 Å². The molecule has 11 heteroatoms. The minimum atomic E-state index is -2.17. The standard InChI is InChI=1S/C4H12O3Si.C4H12O2Si.2C4H12OSi.6CH4/c1-5-8(4,6-2)7-3;1-5-7(3,4)6-2;2*1-5-6(2,3)4;;;;;;/h1-4H3;1-4H3;2*1-4H3;6*1H4. The molecular formula is C22H72O7Si4. The summed E-state index contributed by atoms with van der Waals surface area (Å²) in [5.74, 6) is 0. The van der Waals surface area contributed by atoms with Gasteiger partial charge in [0.2, 0.25) is 0 Å². The highest BCUT2D eigenvalue weighted by Gasteiger charge is 2.29. The molecule has 218 valence electrons. The van der Waals surface area contributed by atoms with Crippen LogP contribution in [-0.2, 0) is 31.0 Å². The second-order valence-corrected chi connectivity index (χ2v) is 23.7. The Morgan fingerprint density at radius 2 is 0.455 bits per heavy atom. The van der Waals surface area contributed by atoms with Crippen LogP contribution < -0.4 is 0 Å². The highest BCUT2D eigenvalue weighted by Crippen LogP contribution is 2.02. The maximum absolute atomic E-state index is 5.08. The Morgan fingerprint density at radius 1 is 0.303 bits per heavy atom. The molecule has 0 unspecified atom stereocenters. The van der Waals surface area contributed by atoms with Gasteiger partial charge < -0.3 is 31.0 Å². The lowest BCUT2D eigenvalue weighted by Gasteiger charge is -2.18. The van der Waals surface area contributed by atoms with Gasteiger partial charge in [-0.2, -0.15) is 0 Å². The molecule has 0 aliphatic heterocycles. The Bertz CT molecular complexity index is 291. The van der Waals surface area contributed by atoms with E-state index in [9.17, 15) is 0 Å². The van der Waals surface area contributed by atoms with Crippen molar-refractivity contribution in [2.45, 2.75) is 103 Å². The summed E-state index contributed by atoms with van der Waals surface area (Å²) in [4.78, 5) is 0. The van der Waals surface area contributed by atoms with Gasteiger partial charge in [0.1, 0.15) is 0 Å². The SMILES string of the molecule is C.C.C.C.C.C.CO[Si](C)(C)C.CO[Si](C)(C)C.CO[Si](C)(C)OC.CO[Si](C)(OC)OC. The molecule has 0 saturated heterocycles. The summed E-state index contributed by atoms with van der Waals surface area (Å²) in [6.45, 7) is 18.8. The van der Waals surface area contributed by atoms with E-state index in [1.165, 1.54) is 0 Å². The van der Waals surface area contributed by atoms with Gasteiger partial charge in [-0.15, -0.1) is 0 Å². The lowest BCUT2D eigenvalue weighted by molar-refractivity contribution is 0.132. The van der Waals surface area contributed by atoms with Gasteiger partial charge in [-0.1, -0.05) is 44.6 Å². The lowest BCUT2D eigenvalue weighted by atomic mass is 11.8. The summed E-state index contributed by atoms with van der Waals surface area (Å²) in [5.41, 5.74) is 0. The predicted octanol–water partition coefficient (Wildman–Crippen LogP) is 8.23. The topological polar surface area (TPSA) is 64.6 Å². The van der Waals surface area contributed by atoms with Crippen LogP contribution in [0.5, 0.6) is 0 Å². The summed E-state index contributed by atoms with van der Waals surface area (Å²) >= 11 is 0. The summed E-state index contributed by atoms with van der Waals surface area (Å²) in [7, 11) is 5.56. The van der Waals surface area contributed by atoms with Crippen LogP contribution in [0.15, 0.2) is 0 Å². The third kappa shape index (κ3) is 65.4. The average Bonchev–Trinajstić information content (AvgIpc) is 2.61. The highest BCUT2D eigenvalue weighted by molar-refractivity contribution is 6.70. The third-order valence-electron chi connectivity index (χ3n) is 3.32. The minimum Gasteiger partial charge on any atom is -0.421 e. The van der Waals surface area contributed by atoms with E-state index in [0.29, 0.717) is 0 Å². The molecule has 0 heterocycles. The number of hydrogen-bond acceptors (Lipinski definition) is 7. The average molecular weight is 561 g/mol. The highest BCUT2D eigenvalue weighted by atomic mass is 28.4. The first kappa shape index (κ1) is 64.1. The third-order valence-corrected chi connectivity index (χ3v) is 9.96. The Labute approximate surface area is 218 Å². The van der Waals surface area contributed by atoms with Crippen LogP contribution in [0, 0.1) is 0 Å². The Hall–Kier alpha value is 0.588. The van der Waals surface area contributed by atoms with Crippen LogP contribution in [0.3, 0.4) is 0 Å². The summed E-state index contributed by atoms with van der Waals surface area (Å²) < 4.78 is 35.0. The number of rotatable bonds is 7. The molecule has 0 saturated carbocycles. The molecule has 33 heavy (non-hydrogen) atoms. The van der Waals surface area contributed by atoms with Crippen molar-refractivity contribution < 1.29 is 31.0 Å². The largest absolute Gasteiger partial charge is 0.496 e. The molecule has 0 amide bonds. The van der Waals surface area contributed by atoms with Crippen molar-refractivity contribution in [3.63, 3.8) is 0 Å². The first-order valence-electron chi connectivity index (χ1n) is 8.79. The molecular weight excluding hydrogens is 489 g/mol. The maximum atomic E-state index is 5.08. The van der Waals surface area contributed by atoms with Gasteiger partial charge in [0, 0.05) is 56.3 Å². The Morgan fingerprint density at radius 3 is 0.455 bits per heavy atom. The maximum Gasteiger partial charge on any atom is 0.496 e. The van der Waals surface area contributed by atoms with Crippen LogP contribution in [-0.4, -0.2) is 83.8 Å². The number of hydrogen-bond donors (Lipinski definition) is 0. The van der Waals surface area contributed by atoms with E-state index in [1.807, 2.05) is 19.6 Å². The van der Waals surface area contributed by atoms with Gasteiger partial charge in [0.25, 0.3) is 0 Å². The first-order chi connectivity index (χ1) is 11.9. The van der Waals surface area contributed by atoms with Gasteiger partial charge in [0.15, 0.2) is 16.6 Å². The van der Waals surface area contributed by atoms with E-state index in [4.69, 9.17) is 31.0 Å². The van der Waals surface area contributed by atoms with Crippen molar-refractivity contribution in [2.75, 3.05) is 49.8 Å². The van der Waals surface area contributed by atoms with E-state index in [2.05, 4.69) is 39.3 Å². The van der Waals surface area contributed by atoms with Gasteiger partial charge in [-0.3, -0.25) is 0 Å². The molecule has 7 nitrogen and oxygen atoms in total. The van der Waals surface area contributed by atoms with Gasteiger partial charge in [-0.05, 0) is 52.4 Å². The van der Waals surface area contributed by atoms with Crippen molar-refractivity contribution in [2.24, 2.45) is 0 Å². The van der Waals surface area contributed by atoms with Gasteiger partial charge in [0.05, 0.1) is 0 Å². The summed E-state index contributed by atoms with van der Waals surface area (Å²) in [5, 5.41) is 0. The van der Waals surface area contributed by atoms with Crippen LogP contribution >= 0.6 is 0 Å². The molecule has 0 rings (SSSR count). The van der Waals surface area contributed by atoms with Crippen molar-refractivity contribution in [1.29, 1.82) is 0 Å². The van der Waals surface area contributed by atoms with Crippen LogP contribution in [0.2, 0.25) is 58.9 Å². The van der Waals surface area contributed by atoms with Gasteiger partial charge >= 0.3 is 17.4 Å². The van der Waals surface area contributed by atoms with Crippen LogP contribution in [0.25, 0.3) is 0 Å². The molecule has 0 spiro atoms. The summed E-state index contributed by atoms with van der Waals surface area (Å²) in [6, 6.07) is 0. The minimum absolute atomic E-state index is 0. The summed E-state index contributed by atoms with van der Waals surface area (Å²) in [6.07, 6.45) is 0. The molecule has 0 fully saturated rings. The van der Waals surface area contributed by atoms with E-state index in [0.717, 1.165) is 0 Å². The zero-order valence-electron chi connectivity index (χ0n) is 20.9. The molecule has 0 aromatic rings. The molecule has 0 aromatic carbocycles. The quantitative estimate of drug-likeness (QED) is 0.290. The smallest absolute Gasteiger partial charge is 0.421 e. The zero-order chi connectivity index (χ0) is 22.9. The van der Waals surface area contributed by atoms with Crippen molar-refractivity contribution in [1.82, 2.24) is 0 Å². The Kier molecular flexibility index (Phi) is 63.3. The lowest BCUT2D eigenvalue weighted by Crippen LogP contribution is -2.38. The van der Waals surface area contributed by atoms with E-state index < -0.39 is 34.0 Å². The van der Waals surface area contributed by atoms with Crippen molar-refractivity contribution in [3.05, 3.63) is 0 Å². The Balaban J connectivity index is -0.0000000253. The molecule has 0 radical (unpaired) electrons.